The van der Waals surface area contributed by atoms with Gasteiger partial charge in [-0.3, -0.25) is 29.8 Å². The van der Waals surface area contributed by atoms with E-state index in [9.17, 15) is 29.8 Å². The van der Waals surface area contributed by atoms with Crippen molar-refractivity contribution in [3.05, 3.63) is 110 Å². The van der Waals surface area contributed by atoms with Crippen LogP contribution in [0.5, 0.6) is 0 Å². The number of benzene rings is 3. The van der Waals surface area contributed by atoms with Crippen molar-refractivity contribution in [1.29, 1.82) is 0 Å². The number of rotatable bonds is 7. The van der Waals surface area contributed by atoms with Gasteiger partial charge in [-0.1, -0.05) is 30.3 Å². The van der Waals surface area contributed by atoms with Gasteiger partial charge in [-0.15, -0.1) is 0 Å². The highest BCUT2D eigenvalue weighted by Crippen LogP contribution is 2.22. The van der Waals surface area contributed by atoms with E-state index in [1.54, 1.807) is 55.5 Å². The van der Waals surface area contributed by atoms with Crippen molar-refractivity contribution in [2.24, 2.45) is 5.10 Å². The molecule has 166 valence electrons. The minimum Gasteiger partial charge on any atom is -0.322 e. The van der Waals surface area contributed by atoms with E-state index in [0.717, 1.165) is 18.2 Å². The molecule has 0 aliphatic rings. The molecule has 11 heteroatoms. The highest BCUT2D eigenvalue weighted by molar-refractivity contribution is 6.05. The van der Waals surface area contributed by atoms with E-state index in [0.29, 0.717) is 22.5 Å². The third-order valence-electron chi connectivity index (χ3n) is 4.51. The number of nitro benzene ring substituents is 2. The zero-order chi connectivity index (χ0) is 24.0. The van der Waals surface area contributed by atoms with E-state index in [1.807, 2.05) is 6.07 Å². The molecule has 3 aromatic rings. The first kappa shape index (κ1) is 22.7. The molecule has 0 bridgehead atoms. The lowest BCUT2D eigenvalue weighted by molar-refractivity contribution is -0.394. The summed E-state index contributed by atoms with van der Waals surface area (Å²) in [5.41, 5.74) is 2.92. The number of hydrazone groups is 1. The van der Waals surface area contributed by atoms with E-state index < -0.39 is 27.1 Å². The van der Waals surface area contributed by atoms with E-state index in [2.05, 4.69) is 15.8 Å². The third kappa shape index (κ3) is 5.82. The van der Waals surface area contributed by atoms with Gasteiger partial charge >= 0.3 is 0 Å². The van der Waals surface area contributed by atoms with Crippen LogP contribution in [0.1, 0.15) is 33.2 Å². The Labute approximate surface area is 187 Å². The van der Waals surface area contributed by atoms with Crippen LogP contribution >= 0.6 is 0 Å². The maximum absolute atomic E-state index is 12.3. The Bertz CT molecular complexity index is 1220. The summed E-state index contributed by atoms with van der Waals surface area (Å²) >= 11 is 0. The molecule has 0 atom stereocenters. The number of hydrogen-bond acceptors (Lipinski definition) is 7. The topological polar surface area (TPSA) is 157 Å². The van der Waals surface area contributed by atoms with E-state index in [1.165, 1.54) is 0 Å². The predicted molar refractivity (Wildman–Crippen MR) is 120 cm³/mol. The first-order chi connectivity index (χ1) is 15.7. The Balaban J connectivity index is 1.69. The van der Waals surface area contributed by atoms with Gasteiger partial charge in [0, 0.05) is 23.4 Å². The molecule has 11 nitrogen and oxygen atoms in total. The van der Waals surface area contributed by atoms with Crippen molar-refractivity contribution >= 4 is 34.6 Å². The Morgan fingerprint density at radius 2 is 1.33 bits per heavy atom. The molecule has 0 fully saturated rings. The number of amides is 2. The Kier molecular flexibility index (Phi) is 6.84. The first-order valence-corrected chi connectivity index (χ1v) is 9.50. The number of carbonyl (C=O) groups excluding carboxylic acids is 2. The van der Waals surface area contributed by atoms with Crippen LogP contribution in [0.15, 0.2) is 77.9 Å². The number of nitrogens with one attached hydrogen (secondary N) is 2. The van der Waals surface area contributed by atoms with Crippen LogP contribution in [-0.4, -0.2) is 27.4 Å². The molecule has 0 saturated carbocycles. The number of hydrogen-bond donors (Lipinski definition) is 2. The summed E-state index contributed by atoms with van der Waals surface area (Å²) in [6.07, 6.45) is 0. The summed E-state index contributed by atoms with van der Waals surface area (Å²) < 4.78 is 0. The van der Waals surface area contributed by atoms with Crippen LogP contribution in [-0.2, 0) is 0 Å². The van der Waals surface area contributed by atoms with Crippen molar-refractivity contribution < 1.29 is 19.4 Å². The smallest absolute Gasteiger partial charge is 0.277 e. The van der Waals surface area contributed by atoms with Gasteiger partial charge in [0.1, 0.15) is 0 Å². The van der Waals surface area contributed by atoms with Gasteiger partial charge in [-0.2, -0.15) is 5.10 Å². The average molecular weight is 447 g/mol. The number of nitro groups is 2. The maximum Gasteiger partial charge on any atom is 0.277 e. The van der Waals surface area contributed by atoms with Gasteiger partial charge in [-0.25, -0.2) is 5.43 Å². The monoisotopic (exact) mass is 447 g/mol. The first-order valence-electron chi connectivity index (χ1n) is 9.50. The van der Waals surface area contributed by atoms with Crippen molar-refractivity contribution in [3.63, 3.8) is 0 Å². The summed E-state index contributed by atoms with van der Waals surface area (Å²) in [5.74, 6) is -1.10. The molecule has 0 aliphatic heterocycles. The molecule has 0 aliphatic carbocycles. The summed E-state index contributed by atoms with van der Waals surface area (Å²) in [6.45, 7) is 1.62. The molecule has 2 N–H and O–H groups in total. The van der Waals surface area contributed by atoms with E-state index >= 15 is 0 Å². The lowest BCUT2D eigenvalue weighted by Crippen LogP contribution is -2.19. The lowest BCUT2D eigenvalue weighted by atomic mass is 10.1. The van der Waals surface area contributed by atoms with Gasteiger partial charge in [0.2, 0.25) is 0 Å². The second-order valence-corrected chi connectivity index (χ2v) is 6.79. The zero-order valence-corrected chi connectivity index (χ0v) is 17.2. The largest absolute Gasteiger partial charge is 0.322 e. The van der Waals surface area contributed by atoms with Gasteiger partial charge in [0.05, 0.1) is 27.2 Å². The predicted octanol–water partition coefficient (Wildman–Crippen LogP) is 3.91. The standard InChI is InChI=1S/C22H17N5O6/c1-14(15-7-9-18(10-8-15)23-21(28)16-5-3-2-4-6-16)24-25-22(29)17-11-19(26(30)31)13-20(12-17)27(32)33/h2-13H,1H3,(H,23,28)(H,25,29)/b24-14-. The van der Waals surface area contributed by atoms with E-state index in [-0.39, 0.29) is 11.5 Å². The molecule has 0 spiro atoms. The second-order valence-electron chi connectivity index (χ2n) is 6.79. The molecule has 0 unspecified atom stereocenters. The van der Waals surface area contributed by atoms with Gasteiger partial charge in [0.15, 0.2) is 0 Å². The number of non-ortho nitro benzene ring substituents is 2. The van der Waals surface area contributed by atoms with Crippen LogP contribution in [0.25, 0.3) is 0 Å². The van der Waals surface area contributed by atoms with Crippen LogP contribution in [0.4, 0.5) is 17.1 Å². The quantitative estimate of drug-likeness (QED) is 0.318. The van der Waals surface area contributed by atoms with Crippen molar-refractivity contribution in [1.82, 2.24) is 5.43 Å². The second kappa shape index (κ2) is 9.92. The van der Waals surface area contributed by atoms with Crippen LogP contribution in [0.3, 0.4) is 0 Å². The molecule has 3 aromatic carbocycles. The summed E-state index contributed by atoms with van der Waals surface area (Å²) in [6, 6.07) is 18.1. The van der Waals surface area contributed by atoms with Gasteiger partial charge < -0.3 is 5.32 Å². The number of anilines is 1. The number of carbonyl (C=O) groups is 2. The molecular weight excluding hydrogens is 430 g/mol. The van der Waals surface area contributed by atoms with Gasteiger partial charge in [-0.05, 0) is 36.8 Å². The van der Waals surface area contributed by atoms with Crippen molar-refractivity contribution in [2.45, 2.75) is 6.92 Å². The lowest BCUT2D eigenvalue weighted by Gasteiger charge is -2.07. The fourth-order valence-corrected chi connectivity index (χ4v) is 2.79. The molecular formula is C22H17N5O6. The molecule has 0 heterocycles. The minimum absolute atomic E-state index is 0.257. The Hall–Kier alpha value is -4.93. The summed E-state index contributed by atoms with van der Waals surface area (Å²) in [7, 11) is 0. The van der Waals surface area contributed by atoms with E-state index in [4.69, 9.17) is 0 Å². The Morgan fingerprint density at radius 1 is 0.758 bits per heavy atom. The van der Waals surface area contributed by atoms with Gasteiger partial charge in [0.25, 0.3) is 23.2 Å². The SMILES string of the molecule is C/C(=N/NC(=O)c1cc([N+](=O)[O-])cc([N+](=O)[O-])c1)c1ccc(NC(=O)c2ccccc2)cc1. The van der Waals surface area contributed by atoms with Crippen LogP contribution in [0, 0.1) is 20.2 Å². The average Bonchev–Trinajstić information content (AvgIpc) is 2.82. The highest BCUT2D eigenvalue weighted by Gasteiger charge is 2.19. The highest BCUT2D eigenvalue weighted by atomic mass is 16.6. The zero-order valence-electron chi connectivity index (χ0n) is 17.2. The summed E-state index contributed by atoms with van der Waals surface area (Å²) in [5, 5.41) is 28.7. The van der Waals surface area contributed by atoms with Crippen LogP contribution in [0.2, 0.25) is 0 Å². The molecule has 0 saturated heterocycles. The molecule has 33 heavy (non-hydrogen) atoms. The summed E-state index contributed by atoms with van der Waals surface area (Å²) in [4.78, 5) is 44.8. The Morgan fingerprint density at radius 3 is 1.88 bits per heavy atom. The molecule has 3 rings (SSSR count). The molecule has 2 amide bonds. The van der Waals surface area contributed by atoms with Crippen molar-refractivity contribution in [3.8, 4) is 0 Å². The molecule has 0 radical (unpaired) electrons. The van der Waals surface area contributed by atoms with Crippen LogP contribution < -0.4 is 10.7 Å². The third-order valence-corrected chi connectivity index (χ3v) is 4.51. The minimum atomic E-state index is -0.840. The molecule has 0 aromatic heterocycles. The normalized spacial score (nSPS) is 10.9. The van der Waals surface area contributed by atoms with Crippen molar-refractivity contribution in [2.75, 3.05) is 5.32 Å². The fraction of sp³-hybridized carbons (Fsp3) is 0.0455. The maximum atomic E-state index is 12.3. The fourth-order valence-electron chi connectivity index (χ4n) is 2.79. The number of nitrogens with zero attached hydrogens (tertiary/aromatic N) is 3.